The van der Waals surface area contributed by atoms with Crippen molar-refractivity contribution in [2.24, 2.45) is 0 Å². The van der Waals surface area contributed by atoms with Crippen LogP contribution < -0.4 is 10.0 Å². The van der Waals surface area contributed by atoms with E-state index in [1.165, 1.54) is 19.1 Å². The lowest BCUT2D eigenvalue weighted by Crippen LogP contribution is -2.25. The van der Waals surface area contributed by atoms with Crippen LogP contribution in [-0.2, 0) is 21.2 Å². The summed E-state index contributed by atoms with van der Waals surface area (Å²) in [7, 11) is -3.58. The first-order valence-electron chi connectivity index (χ1n) is 7.52. The number of phenolic OH excluding ortho intramolecular Hbond substituents is 1. The Labute approximate surface area is 141 Å². The number of anilines is 1. The molecule has 0 atom stereocenters. The number of phenols is 1. The second kappa shape index (κ2) is 7.94. The van der Waals surface area contributed by atoms with Crippen LogP contribution in [0.1, 0.15) is 18.9 Å². The highest BCUT2D eigenvalue weighted by molar-refractivity contribution is 7.89. The zero-order valence-corrected chi connectivity index (χ0v) is 14.1. The Morgan fingerprint density at radius 1 is 1.12 bits per heavy atom. The topological polar surface area (TPSA) is 95.5 Å². The van der Waals surface area contributed by atoms with Crippen molar-refractivity contribution < 1.29 is 18.3 Å². The van der Waals surface area contributed by atoms with E-state index in [2.05, 4.69) is 10.0 Å². The molecule has 3 N–H and O–H groups in total. The van der Waals surface area contributed by atoms with Crippen molar-refractivity contribution in [1.82, 2.24) is 4.72 Å². The van der Waals surface area contributed by atoms with Crippen molar-refractivity contribution in [3.8, 4) is 5.75 Å². The number of aromatic hydroxyl groups is 1. The predicted octanol–water partition coefficient (Wildman–Crippen LogP) is 2.26. The minimum atomic E-state index is -3.58. The van der Waals surface area contributed by atoms with Gasteiger partial charge in [0.2, 0.25) is 15.9 Å². The second-order valence-electron chi connectivity index (χ2n) is 5.38. The van der Waals surface area contributed by atoms with Crippen LogP contribution in [0.25, 0.3) is 0 Å². The fraction of sp³-hybridized carbons (Fsp3) is 0.235. The average Bonchev–Trinajstić information content (AvgIpc) is 2.52. The van der Waals surface area contributed by atoms with E-state index >= 15 is 0 Å². The molecule has 0 bridgehead atoms. The molecule has 0 aromatic heterocycles. The quantitative estimate of drug-likeness (QED) is 0.669. The van der Waals surface area contributed by atoms with Gasteiger partial charge in [-0.15, -0.1) is 0 Å². The highest BCUT2D eigenvalue weighted by Gasteiger charge is 2.13. The first-order chi connectivity index (χ1) is 11.4. The third-order valence-electron chi connectivity index (χ3n) is 3.33. The molecule has 2 rings (SSSR count). The molecule has 0 aliphatic heterocycles. The Bertz CT molecular complexity index is 802. The monoisotopic (exact) mass is 348 g/mol. The van der Waals surface area contributed by atoms with E-state index in [1.807, 2.05) is 6.07 Å². The molecule has 24 heavy (non-hydrogen) atoms. The minimum absolute atomic E-state index is 0.147. The maximum absolute atomic E-state index is 12.2. The summed E-state index contributed by atoms with van der Waals surface area (Å²) in [6, 6.07) is 12.9. The summed E-state index contributed by atoms with van der Waals surface area (Å²) >= 11 is 0. The van der Waals surface area contributed by atoms with Gasteiger partial charge in [0.1, 0.15) is 5.75 Å². The van der Waals surface area contributed by atoms with Gasteiger partial charge in [0.05, 0.1) is 4.90 Å². The SMILES string of the molecule is CC(=O)Nc1ccc(S(=O)(=O)NCCCc2cccc(O)c2)cc1. The number of hydrogen-bond acceptors (Lipinski definition) is 4. The van der Waals surface area contributed by atoms with Crippen LogP contribution in [-0.4, -0.2) is 26.0 Å². The normalized spacial score (nSPS) is 11.2. The molecule has 0 fully saturated rings. The molecule has 128 valence electrons. The maximum Gasteiger partial charge on any atom is 0.240 e. The largest absolute Gasteiger partial charge is 0.508 e. The smallest absolute Gasteiger partial charge is 0.240 e. The van der Waals surface area contributed by atoms with Gasteiger partial charge in [-0.25, -0.2) is 13.1 Å². The summed E-state index contributed by atoms with van der Waals surface area (Å²) in [5.74, 6) is -0.0111. The second-order valence-corrected chi connectivity index (χ2v) is 7.14. The van der Waals surface area contributed by atoms with Crippen LogP contribution in [0.15, 0.2) is 53.4 Å². The number of sulfonamides is 1. The van der Waals surface area contributed by atoms with E-state index in [9.17, 15) is 18.3 Å². The molecule has 0 spiro atoms. The first-order valence-corrected chi connectivity index (χ1v) is 9.00. The van der Waals surface area contributed by atoms with Gasteiger partial charge >= 0.3 is 0 Å². The van der Waals surface area contributed by atoms with Gasteiger partial charge in [-0.1, -0.05) is 12.1 Å². The van der Waals surface area contributed by atoms with Gasteiger partial charge in [0.25, 0.3) is 0 Å². The summed E-state index contributed by atoms with van der Waals surface area (Å²) in [5.41, 5.74) is 1.50. The molecule has 0 saturated carbocycles. The molecule has 2 aromatic rings. The van der Waals surface area contributed by atoms with E-state index in [-0.39, 0.29) is 16.6 Å². The van der Waals surface area contributed by atoms with Crippen molar-refractivity contribution in [2.45, 2.75) is 24.7 Å². The molecule has 0 aliphatic rings. The van der Waals surface area contributed by atoms with Crippen LogP contribution in [0.5, 0.6) is 5.75 Å². The number of benzene rings is 2. The molecule has 7 heteroatoms. The van der Waals surface area contributed by atoms with Crippen molar-refractivity contribution in [3.63, 3.8) is 0 Å². The third-order valence-corrected chi connectivity index (χ3v) is 4.81. The van der Waals surface area contributed by atoms with Gasteiger partial charge in [-0.05, 0) is 54.8 Å². The maximum atomic E-state index is 12.2. The Morgan fingerprint density at radius 2 is 1.83 bits per heavy atom. The zero-order valence-electron chi connectivity index (χ0n) is 13.3. The average molecular weight is 348 g/mol. The standard InChI is InChI=1S/C17H20N2O4S/c1-13(20)19-15-7-9-17(10-8-15)24(22,23)18-11-3-5-14-4-2-6-16(21)12-14/h2,4,6-10,12,18,21H,3,5,11H2,1H3,(H,19,20). The van der Waals surface area contributed by atoms with E-state index < -0.39 is 10.0 Å². The van der Waals surface area contributed by atoms with Crippen LogP contribution in [0.4, 0.5) is 5.69 Å². The van der Waals surface area contributed by atoms with Crippen molar-refractivity contribution in [2.75, 3.05) is 11.9 Å². The predicted molar refractivity (Wildman–Crippen MR) is 92.4 cm³/mol. The molecule has 2 aromatic carbocycles. The first kappa shape index (κ1) is 18.0. The van der Waals surface area contributed by atoms with E-state index in [0.717, 1.165) is 5.56 Å². The number of aryl methyl sites for hydroxylation is 1. The fourth-order valence-electron chi connectivity index (χ4n) is 2.22. The molecule has 0 aliphatic carbocycles. The van der Waals surface area contributed by atoms with Crippen LogP contribution in [0, 0.1) is 0 Å². The van der Waals surface area contributed by atoms with Crippen LogP contribution in [0.3, 0.4) is 0 Å². The number of amides is 1. The molecule has 1 amide bonds. The Kier molecular flexibility index (Phi) is 5.94. The summed E-state index contributed by atoms with van der Waals surface area (Å²) in [6.07, 6.45) is 1.28. The van der Waals surface area contributed by atoms with E-state index in [1.54, 1.807) is 30.3 Å². The van der Waals surface area contributed by atoms with Crippen molar-refractivity contribution in [1.29, 1.82) is 0 Å². The lowest BCUT2D eigenvalue weighted by molar-refractivity contribution is -0.114. The Morgan fingerprint density at radius 3 is 2.46 bits per heavy atom. The lowest BCUT2D eigenvalue weighted by atomic mass is 10.1. The summed E-state index contributed by atoms with van der Waals surface area (Å²) in [4.78, 5) is 11.1. The molecule has 6 nitrogen and oxygen atoms in total. The van der Waals surface area contributed by atoms with E-state index in [0.29, 0.717) is 25.1 Å². The molecule has 0 heterocycles. The van der Waals surface area contributed by atoms with Gasteiger partial charge in [-0.3, -0.25) is 4.79 Å². The summed E-state index contributed by atoms with van der Waals surface area (Å²) < 4.78 is 26.9. The number of rotatable bonds is 7. The third kappa shape index (κ3) is 5.36. The summed E-state index contributed by atoms with van der Waals surface area (Å²) in [6.45, 7) is 1.68. The Hall–Kier alpha value is -2.38. The number of carbonyl (C=O) groups is 1. The zero-order chi connectivity index (χ0) is 17.6. The number of nitrogens with one attached hydrogen (secondary N) is 2. The number of carbonyl (C=O) groups excluding carboxylic acids is 1. The van der Waals surface area contributed by atoms with Crippen LogP contribution in [0.2, 0.25) is 0 Å². The van der Waals surface area contributed by atoms with Crippen molar-refractivity contribution >= 4 is 21.6 Å². The van der Waals surface area contributed by atoms with Crippen molar-refractivity contribution in [3.05, 3.63) is 54.1 Å². The van der Waals surface area contributed by atoms with E-state index in [4.69, 9.17) is 0 Å². The van der Waals surface area contributed by atoms with Gasteiger partial charge in [0.15, 0.2) is 0 Å². The number of hydrogen-bond donors (Lipinski definition) is 3. The molecular weight excluding hydrogens is 328 g/mol. The molecule has 0 unspecified atom stereocenters. The minimum Gasteiger partial charge on any atom is -0.508 e. The molecule has 0 saturated heterocycles. The molecule has 0 radical (unpaired) electrons. The lowest BCUT2D eigenvalue weighted by Gasteiger charge is -2.08. The van der Waals surface area contributed by atoms with Gasteiger partial charge in [0, 0.05) is 19.2 Å². The fourth-order valence-corrected chi connectivity index (χ4v) is 3.29. The van der Waals surface area contributed by atoms with Gasteiger partial charge in [-0.2, -0.15) is 0 Å². The van der Waals surface area contributed by atoms with Gasteiger partial charge < -0.3 is 10.4 Å². The summed E-state index contributed by atoms with van der Waals surface area (Å²) in [5, 5.41) is 12.0. The highest BCUT2D eigenvalue weighted by Crippen LogP contribution is 2.15. The Balaban J connectivity index is 1.88. The van der Waals surface area contributed by atoms with Crippen LogP contribution >= 0.6 is 0 Å². The molecular formula is C17H20N2O4S. The highest BCUT2D eigenvalue weighted by atomic mass is 32.2.